The van der Waals surface area contributed by atoms with Crippen molar-refractivity contribution in [2.75, 3.05) is 0 Å². The standard InChI is InChI=1S/C17H15ClN4/c1-4-13(11(2)3)17-21-14-7-8-19-10-15(14)22(17)16-6-5-12(18)9-20-16/h4-10H,1H2,2-3H3. The molecule has 0 spiro atoms. The van der Waals surface area contributed by atoms with Crippen LogP contribution in [0.1, 0.15) is 19.7 Å². The van der Waals surface area contributed by atoms with Crippen LogP contribution < -0.4 is 0 Å². The molecule has 0 aliphatic carbocycles. The zero-order chi connectivity index (χ0) is 15.7. The molecule has 3 aromatic heterocycles. The molecule has 0 saturated heterocycles. The molecule has 0 radical (unpaired) electrons. The average molecular weight is 311 g/mol. The lowest BCUT2D eigenvalue weighted by atomic mass is 10.1. The van der Waals surface area contributed by atoms with Crippen molar-refractivity contribution >= 4 is 28.2 Å². The SMILES string of the molecule is C=CC(=C(C)C)c1nc2ccncc2n1-c1ccc(Cl)cn1. The number of nitrogens with zero attached hydrogens (tertiary/aromatic N) is 4. The first-order valence-corrected chi connectivity index (χ1v) is 7.24. The number of hydrogen-bond acceptors (Lipinski definition) is 3. The molecule has 0 N–H and O–H groups in total. The van der Waals surface area contributed by atoms with Gasteiger partial charge in [0, 0.05) is 18.0 Å². The van der Waals surface area contributed by atoms with Gasteiger partial charge < -0.3 is 0 Å². The topological polar surface area (TPSA) is 43.6 Å². The maximum absolute atomic E-state index is 5.95. The number of pyridine rings is 2. The van der Waals surface area contributed by atoms with Crippen molar-refractivity contribution in [3.63, 3.8) is 0 Å². The Labute approximate surface area is 133 Å². The van der Waals surface area contributed by atoms with Crippen LogP contribution in [0.4, 0.5) is 0 Å². The van der Waals surface area contributed by atoms with Gasteiger partial charge in [-0.2, -0.15) is 0 Å². The van der Waals surface area contributed by atoms with Crippen LogP contribution in [0.5, 0.6) is 0 Å². The summed E-state index contributed by atoms with van der Waals surface area (Å²) >= 11 is 5.95. The van der Waals surface area contributed by atoms with Crippen LogP contribution in [0.15, 0.2) is 55.0 Å². The van der Waals surface area contributed by atoms with E-state index in [4.69, 9.17) is 16.6 Å². The molecule has 0 unspecified atom stereocenters. The van der Waals surface area contributed by atoms with Crippen molar-refractivity contribution in [2.24, 2.45) is 0 Å². The van der Waals surface area contributed by atoms with Crippen molar-refractivity contribution in [3.8, 4) is 5.82 Å². The molecule has 4 nitrogen and oxygen atoms in total. The summed E-state index contributed by atoms with van der Waals surface area (Å²) in [5, 5.41) is 0.596. The van der Waals surface area contributed by atoms with Gasteiger partial charge >= 0.3 is 0 Å². The second-order valence-corrected chi connectivity index (χ2v) is 5.52. The Morgan fingerprint density at radius 2 is 2.05 bits per heavy atom. The van der Waals surface area contributed by atoms with Gasteiger partial charge in [-0.3, -0.25) is 9.55 Å². The van der Waals surface area contributed by atoms with Crippen LogP contribution in [0.2, 0.25) is 5.02 Å². The van der Waals surface area contributed by atoms with E-state index in [9.17, 15) is 0 Å². The Balaban J connectivity index is 2.37. The van der Waals surface area contributed by atoms with Crippen molar-refractivity contribution in [2.45, 2.75) is 13.8 Å². The van der Waals surface area contributed by atoms with Crippen molar-refractivity contribution in [1.82, 2.24) is 19.5 Å². The summed E-state index contributed by atoms with van der Waals surface area (Å²) < 4.78 is 1.97. The van der Waals surface area contributed by atoms with E-state index in [2.05, 4.69) is 16.5 Å². The molecule has 0 fully saturated rings. The minimum atomic E-state index is 0.596. The summed E-state index contributed by atoms with van der Waals surface area (Å²) in [6, 6.07) is 5.56. The number of rotatable bonds is 3. The van der Waals surface area contributed by atoms with Gasteiger partial charge in [0.2, 0.25) is 0 Å². The molecule has 22 heavy (non-hydrogen) atoms. The molecule has 0 aliphatic rings. The van der Waals surface area contributed by atoms with Gasteiger partial charge in [0.25, 0.3) is 0 Å². The molecule has 3 rings (SSSR count). The van der Waals surface area contributed by atoms with Crippen LogP contribution in [0, 0.1) is 0 Å². The first-order chi connectivity index (χ1) is 10.6. The first-order valence-electron chi connectivity index (χ1n) is 6.86. The Bertz CT molecular complexity index is 871. The van der Waals surface area contributed by atoms with Gasteiger partial charge in [-0.1, -0.05) is 29.8 Å². The Morgan fingerprint density at radius 3 is 2.68 bits per heavy atom. The molecule has 0 atom stereocenters. The van der Waals surface area contributed by atoms with Crippen molar-refractivity contribution in [1.29, 1.82) is 0 Å². The third-order valence-electron chi connectivity index (χ3n) is 3.38. The summed E-state index contributed by atoms with van der Waals surface area (Å²) in [6.07, 6.45) is 6.96. The Kier molecular flexibility index (Phi) is 3.77. The number of fused-ring (bicyclic) bond motifs is 1. The number of halogens is 1. The fourth-order valence-corrected chi connectivity index (χ4v) is 2.47. The molecule has 3 aromatic rings. The number of aromatic nitrogens is 4. The van der Waals surface area contributed by atoms with Crippen molar-refractivity contribution in [3.05, 3.63) is 65.9 Å². The summed E-state index contributed by atoms with van der Waals surface area (Å²) in [5.74, 6) is 1.54. The molecule has 5 heteroatoms. The van der Waals surface area contributed by atoms with Crippen molar-refractivity contribution < 1.29 is 0 Å². The summed E-state index contributed by atoms with van der Waals surface area (Å²) in [6.45, 7) is 7.98. The number of allylic oxidation sites excluding steroid dienone is 3. The highest BCUT2D eigenvalue weighted by molar-refractivity contribution is 6.30. The van der Waals surface area contributed by atoms with E-state index < -0.39 is 0 Å². The minimum Gasteiger partial charge on any atom is -0.275 e. The zero-order valence-electron chi connectivity index (χ0n) is 12.4. The molecule has 0 aromatic carbocycles. The normalized spacial score (nSPS) is 10.7. The summed E-state index contributed by atoms with van der Waals surface area (Å²) in [5.41, 5.74) is 3.87. The van der Waals surface area contributed by atoms with E-state index in [1.54, 1.807) is 18.6 Å². The van der Waals surface area contributed by atoms with E-state index in [1.165, 1.54) is 0 Å². The average Bonchev–Trinajstić information content (AvgIpc) is 2.87. The van der Waals surface area contributed by atoms with Gasteiger partial charge in [-0.05, 0) is 32.0 Å². The second-order valence-electron chi connectivity index (χ2n) is 5.09. The highest BCUT2D eigenvalue weighted by atomic mass is 35.5. The largest absolute Gasteiger partial charge is 0.275 e. The lowest BCUT2D eigenvalue weighted by Gasteiger charge is -2.10. The van der Waals surface area contributed by atoms with Gasteiger partial charge in [0.05, 0.1) is 22.3 Å². The lowest BCUT2D eigenvalue weighted by molar-refractivity contribution is 0.992. The lowest BCUT2D eigenvalue weighted by Crippen LogP contribution is -2.03. The first kappa shape index (κ1) is 14.5. The van der Waals surface area contributed by atoms with Crippen LogP contribution in [0.25, 0.3) is 22.4 Å². The van der Waals surface area contributed by atoms with E-state index in [1.807, 2.05) is 42.7 Å². The van der Waals surface area contributed by atoms with Gasteiger partial charge in [0.1, 0.15) is 11.6 Å². The van der Waals surface area contributed by atoms with E-state index in [0.29, 0.717) is 5.02 Å². The number of hydrogen-bond donors (Lipinski definition) is 0. The second kappa shape index (κ2) is 5.73. The molecule has 0 saturated carbocycles. The molecule has 0 bridgehead atoms. The fourth-order valence-electron chi connectivity index (χ4n) is 2.36. The zero-order valence-corrected chi connectivity index (χ0v) is 13.2. The van der Waals surface area contributed by atoms with Gasteiger partial charge in [-0.15, -0.1) is 0 Å². The van der Waals surface area contributed by atoms with Crippen LogP contribution in [-0.4, -0.2) is 19.5 Å². The molecule has 3 heterocycles. The third kappa shape index (κ3) is 2.42. The molecule has 0 amide bonds. The third-order valence-corrected chi connectivity index (χ3v) is 3.60. The van der Waals surface area contributed by atoms with Gasteiger partial charge in [0.15, 0.2) is 0 Å². The monoisotopic (exact) mass is 310 g/mol. The maximum atomic E-state index is 5.95. The molecule has 0 aliphatic heterocycles. The highest BCUT2D eigenvalue weighted by Crippen LogP contribution is 2.27. The molecular weight excluding hydrogens is 296 g/mol. The van der Waals surface area contributed by atoms with E-state index in [0.717, 1.165) is 33.8 Å². The Hall–Kier alpha value is -2.46. The minimum absolute atomic E-state index is 0.596. The Morgan fingerprint density at radius 1 is 1.23 bits per heavy atom. The fraction of sp³-hybridized carbons (Fsp3) is 0.118. The quantitative estimate of drug-likeness (QED) is 0.671. The van der Waals surface area contributed by atoms with Gasteiger partial charge in [-0.25, -0.2) is 9.97 Å². The summed E-state index contributed by atoms with van der Waals surface area (Å²) in [4.78, 5) is 13.3. The summed E-state index contributed by atoms with van der Waals surface area (Å²) in [7, 11) is 0. The maximum Gasteiger partial charge on any atom is 0.146 e. The van der Waals surface area contributed by atoms with E-state index >= 15 is 0 Å². The van der Waals surface area contributed by atoms with Crippen LogP contribution in [-0.2, 0) is 0 Å². The predicted molar refractivity (Wildman–Crippen MR) is 90.1 cm³/mol. The highest BCUT2D eigenvalue weighted by Gasteiger charge is 2.16. The van der Waals surface area contributed by atoms with Crippen LogP contribution >= 0.6 is 11.6 Å². The predicted octanol–water partition coefficient (Wildman–Crippen LogP) is 4.45. The molecular formula is C17H15ClN4. The van der Waals surface area contributed by atoms with E-state index in [-0.39, 0.29) is 0 Å². The van der Waals surface area contributed by atoms with Crippen LogP contribution in [0.3, 0.4) is 0 Å². The number of imidazole rings is 1. The smallest absolute Gasteiger partial charge is 0.146 e. The molecule has 110 valence electrons.